The second kappa shape index (κ2) is 9.82. The van der Waals surface area contributed by atoms with Crippen LogP contribution in [-0.2, 0) is 6.54 Å². The molecule has 0 fully saturated rings. The van der Waals surface area contributed by atoms with Gasteiger partial charge in [-0.25, -0.2) is 4.98 Å². The van der Waals surface area contributed by atoms with Crippen LogP contribution in [-0.4, -0.2) is 34.4 Å². The van der Waals surface area contributed by atoms with Crippen LogP contribution in [0, 0.1) is 0 Å². The summed E-state index contributed by atoms with van der Waals surface area (Å²) in [4.78, 5) is 13.6. The fourth-order valence-electron chi connectivity index (χ4n) is 4.28. The number of nitrogen functional groups attached to an aromatic ring is 1. The molecule has 2 aromatic carbocycles. The van der Waals surface area contributed by atoms with Gasteiger partial charge in [0.2, 0.25) is 5.95 Å². The van der Waals surface area contributed by atoms with E-state index in [9.17, 15) is 13.2 Å². The molecule has 36 heavy (non-hydrogen) atoms. The van der Waals surface area contributed by atoms with Crippen LogP contribution in [0.3, 0.4) is 0 Å². The number of aromatic nitrogens is 3. The van der Waals surface area contributed by atoms with Gasteiger partial charge in [-0.3, -0.25) is 0 Å². The Kier molecular flexibility index (Phi) is 6.59. The van der Waals surface area contributed by atoms with E-state index in [2.05, 4.69) is 47.0 Å². The Bertz CT molecular complexity index is 1440. The zero-order valence-corrected chi connectivity index (χ0v) is 20.5. The first kappa shape index (κ1) is 24.1. The largest absolute Gasteiger partial charge is 0.573 e. The zero-order chi connectivity index (χ0) is 25.3. The van der Waals surface area contributed by atoms with Gasteiger partial charge < -0.3 is 25.7 Å². The van der Waals surface area contributed by atoms with Crippen molar-refractivity contribution < 1.29 is 17.9 Å². The maximum Gasteiger partial charge on any atom is 0.573 e. The van der Waals surface area contributed by atoms with Gasteiger partial charge in [0.25, 0.3) is 0 Å². The molecule has 0 atom stereocenters. The highest BCUT2D eigenvalue weighted by Crippen LogP contribution is 2.36. The Labute approximate surface area is 213 Å². The summed E-state index contributed by atoms with van der Waals surface area (Å²) in [6.07, 6.45) is 1.88. The second-order valence-electron chi connectivity index (χ2n) is 8.30. The number of anilines is 3. The summed E-state index contributed by atoms with van der Waals surface area (Å²) < 4.78 is 43.1. The highest BCUT2D eigenvalue weighted by molar-refractivity contribution is 9.10. The lowest BCUT2D eigenvalue weighted by atomic mass is 9.99. The number of nitrogens with two attached hydrogens (primary N) is 1. The van der Waals surface area contributed by atoms with E-state index in [1.165, 1.54) is 23.8 Å². The summed E-state index contributed by atoms with van der Waals surface area (Å²) in [7, 11) is 0. The number of nitrogens with zero attached hydrogens (tertiary/aromatic N) is 3. The van der Waals surface area contributed by atoms with Crippen LogP contribution in [0.4, 0.5) is 30.6 Å². The molecule has 1 aliphatic rings. The van der Waals surface area contributed by atoms with Gasteiger partial charge in [0.15, 0.2) is 5.82 Å². The molecule has 2 aromatic heterocycles. The van der Waals surface area contributed by atoms with Gasteiger partial charge in [0, 0.05) is 47.6 Å². The van der Waals surface area contributed by atoms with Crippen molar-refractivity contribution in [2.75, 3.05) is 23.7 Å². The molecule has 5 rings (SSSR count). The summed E-state index contributed by atoms with van der Waals surface area (Å²) in [5, 5.41) is 4.37. The molecule has 4 N–H and O–H groups in total. The summed E-state index contributed by atoms with van der Waals surface area (Å²) in [6, 6.07) is 11.8. The molecule has 186 valence electrons. The summed E-state index contributed by atoms with van der Waals surface area (Å²) >= 11 is 3.50. The maximum atomic E-state index is 12.8. The molecule has 4 aromatic rings. The number of halogens is 4. The summed E-state index contributed by atoms with van der Waals surface area (Å²) in [5.41, 5.74) is 10.6. The number of fused-ring (bicyclic) bond motifs is 1. The number of rotatable bonds is 6. The normalized spacial score (nSPS) is 14.1. The SMILES string of the molecule is Nc1ncc(Br)c(N(Cc2cccc(OC(F)(F)F)c2)c2ccc3[nH]cc(C4=CCNCC4)c3c2)n1. The minimum atomic E-state index is -4.78. The first-order valence-corrected chi connectivity index (χ1v) is 12.0. The van der Waals surface area contributed by atoms with Gasteiger partial charge in [-0.2, -0.15) is 4.98 Å². The van der Waals surface area contributed by atoms with Crippen LogP contribution < -0.4 is 20.7 Å². The van der Waals surface area contributed by atoms with Crippen molar-refractivity contribution in [1.29, 1.82) is 0 Å². The number of hydrogen-bond acceptors (Lipinski definition) is 6. The Hall–Kier alpha value is -3.57. The number of nitrogens with one attached hydrogen (secondary N) is 2. The van der Waals surface area contributed by atoms with Gasteiger partial charge in [-0.15, -0.1) is 13.2 Å². The third-order valence-corrected chi connectivity index (χ3v) is 6.42. The van der Waals surface area contributed by atoms with Crippen LogP contribution in [0.25, 0.3) is 16.5 Å². The average Bonchev–Trinajstić information content (AvgIpc) is 3.27. The standard InChI is InChI=1S/C25H22BrF3N6O/c26-21-13-33-24(30)34-23(21)35(14-15-2-1-3-18(10-15)36-25(27,28)29)17-4-5-22-19(11-17)20(12-32-22)16-6-8-31-9-7-16/h1-6,10-13,31-32H,7-9,14H2,(H2,30,33,34). The molecule has 3 heterocycles. The van der Waals surface area contributed by atoms with Crippen molar-refractivity contribution in [3.8, 4) is 5.75 Å². The molecule has 0 aliphatic carbocycles. The van der Waals surface area contributed by atoms with E-state index in [0.29, 0.717) is 15.9 Å². The molecule has 7 nitrogen and oxygen atoms in total. The topological polar surface area (TPSA) is 92.1 Å². The van der Waals surface area contributed by atoms with E-state index in [1.807, 2.05) is 29.3 Å². The quantitative estimate of drug-likeness (QED) is 0.272. The minimum absolute atomic E-state index is 0.0793. The molecule has 0 radical (unpaired) electrons. The van der Waals surface area contributed by atoms with Crippen molar-refractivity contribution in [3.63, 3.8) is 0 Å². The molecule has 0 spiro atoms. The van der Waals surface area contributed by atoms with Crippen LogP contribution >= 0.6 is 15.9 Å². The van der Waals surface area contributed by atoms with Crippen molar-refractivity contribution in [2.24, 2.45) is 0 Å². The van der Waals surface area contributed by atoms with E-state index in [-0.39, 0.29) is 18.2 Å². The summed E-state index contributed by atoms with van der Waals surface area (Å²) in [6.45, 7) is 1.94. The molecule has 0 saturated carbocycles. The van der Waals surface area contributed by atoms with Gasteiger partial charge in [-0.05, 0) is 70.4 Å². The molecule has 0 bridgehead atoms. The predicted molar refractivity (Wildman–Crippen MR) is 137 cm³/mol. The van der Waals surface area contributed by atoms with E-state index < -0.39 is 6.36 Å². The van der Waals surface area contributed by atoms with Gasteiger partial charge in [-0.1, -0.05) is 18.2 Å². The molecule has 0 amide bonds. The fourth-order valence-corrected chi connectivity index (χ4v) is 4.69. The van der Waals surface area contributed by atoms with Crippen molar-refractivity contribution >= 4 is 49.9 Å². The Morgan fingerprint density at radius 3 is 2.81 bits per heavy atom. The van der Waals surface area contributed by atoms with Crippen LogP contribution in [0.15, 0.2) is 65.4 Å². The van der Waals surface area contributed by atoms with Gasteiger partial charge in [0.1, 0.15) is 5.75 Å². The molecular weight excluding hydrogens is 537 g/mol. The lowest BCUT2D eigenvalue weighted by Gasteiger charge is -2.26. The molecule has 0 unspecified atom stereocenters. The van der Waals surface area contributed by atoms with Crippen molar-refractivity contribution in [1.82, 2.24) is 20.3 Å². The van der Waals surface area contributed by atoms with Crippen LogP contribution in [0.5, 0.6) is 5.75 Å². The number of hydrogen-bond donors (Lipinski definition) is 3. The molecule has 1 aliphatic heterocycles. The first-order valence-electron chi connectivity index (χ1n) is 11.2. The third-order valence-electron chi connectivity index (χ3n) is 5.86. The van der Waals surface area contributed by atoms with Gasteiger partial charge in [0.05, 0.1) is 4.47 Å². The minimum Gasteiger partial charge on any atom is -0.406 e. The first-order chi connectivity index (χ1) is 17.3. The van der Waals surface area contributed by atoms with Crippen molar-refractivity contribution in [3.05, 3.63) is 76.5 Å². The third kappa shape index (κ3) is 5.31. The van der Waals surface area contributed by atoms with Gasteiger partial charge >= 0.3 is 6.36 Å². The van der Waals surface area contributed by atoms with Crippen LogP contribution in [0.2, 0.25) is 0 Å². The van der Waals surface area contributed by atoms with E-state index in [4.69, 9.17) is 5.73 Å². The zero-order valence-electron chi connectivity index (χ0n) is 18.9. The number of ether oxygens (including phenoxy) is 1. The van der Waals surface area contributed by atoms with E-state index in [1.54, 1.807) is 12.3 Å². The molecule has 0 saturated heterocycles. The fraction of sp³-hybridized carbons (Fsp3) is 0.200. The van der Waals surface area contributed by atoms with Crippen molar-refractivity contribution in [2.45, 2.75) is 19.3 Å². The summed E-state index contributed by atoms with van der Waals surface area (Å²) in [5.74, 6) is 0.278. The lowest BCUT2D eigenvalue weighted by molar-refractivity contribution is -0.274. The molecule has 11 heteroatoms. The number of aromatic amines is 1. The maximum absolute atomic E-state index is 12.8. The van der Waals surface area contributed by atoms with E-state index >= 15 is 0 Å². The number of alkyl halides is 3. The Morgan fingerprint density at radius 1 is 1.17 bits per heavy atom. The monoisotopic (exact) mass is 558 g/mol. The number of H-pyrrole nitrogens is 1. The predicted octanol–water partition coefficient (Wildman–Crippen LogP) is 5.92. The average molecular weight is 559 g/mol. The second-order valence-corrected chi connectivity index (χ2v) is 9.15. The molecular formula is C25H22BrF3N6O. The number of benzene rings is 2. The lowest BCUT2D eigenvalue weighted by Crippen LogP contribution is -2.20. The van der Waals surface area contributed by atoms with E-state index in [0.717, 1.165) is 41.7 Å². The Balaban J connectivity index is 1.58. The van der Waals surface area contributed by atoms with Crippen LogP contribution in [0.1, 0.15) is 17.5 Å². The highest BCUT2D eigenvalue weighted by atomic mass is 79.9. The highest BCUT2D eigenvalue weighted by Gasteiger charge is 2.31. The smallest absolute Gasteiger partial charge is 0.406 e. The Morgan fingerprint density at radius 2 is 2.03 bits per heavy atom.